The molecule has 0 radical (unpaired) electrons. The lowest BCUT2D eigenvalue weighted by Crippen LogP contribution is -2.44. The van der Waals surface area contributed by atoms with Crippen LogP contribution >= 0.6 is 0 Å². The summed E-state index contributed by atoms with van der Waals surface area (Å²) in [4.78, 5) is 31.2. The zero-order valence-electron chi connectivity index (χ0n) is 21.8. The number of esters is 1. The van der Waals surface area contributed by atoms with Crippen LogP contribution in [0.25, 0.3) is 11.1 Å². The number of carbonyl (C=O) groups excluding carboxylic acids is 2. The molecule has 0 spiro atoms. The molecule has 0 aliphatic carbocycles. The summed E-state index contributed by atoms with van der Waals surface area (Å²) in [5.41, 5.74) is 4.51. The summed E-state index contributed by atoms with van der Waals surface area (Å²) in [7, 11) is 2.12. The third kappa shape index (κ3) is 6.13. The number of benzene rings is 3. The number of aryl methyl sites for hydroxylation is 1. The number of nitrogens with one attached hydrogen (secondary N) is 1. The number of ether oxygens (including phenoxy) is 1. The largest absolute Gasteiger partial charge is 0.456 e. The first kappa shape index (κ1) is 25.5. The van der Waals surface area contributed by atoms with Gasteiger partial charge in [-0.25, -0.2) is 4.79 Å². The summed E-state index contributed by atoms with van der Waals surface area (Å²) in [5, 5.41) is 3.02. The SMILES string of the molecule is Cc1ccc(N2CCN(C)CC2)cc1C(=O)Nc1cc(-c2ccccc2)ccc1C(=O)OC(C)(C)C. The normalized spacial score (nSPS) is 14.4. The van der Waals surface area contributed by atoms with E-state index < -0.39 is 11.6 Å². The lowest BCUT2D eigenvalue weighted by atomic mass is 10.0. The molecule has 6 heteroatoms. The molecule has 0 bridgehead atoms. The number of nitrogens with zero attached hydrogens (tertiary/aromatic N) is 2. The van der Waals surface area contributed by atoms with Crippen LogP contribution in [0.1, 0.15) is 47.1 Å². The molecule has 1 N–H and O–H groups in total. The van der Waals surface area contributed by atoms with Crippen molar-refractivity contribution in [3.63, 3.8) is 0 Å². The first-order valence-corrected chi connectivity index (χ1v) is 12.4. The van der Waals surface area contributed by atoms with Crippen molar-refractivity contribution in [3.05, 3.63) is 83.4 Å². The van der Waals surface area contributed by atoms with Gasteiger partial charge in [0, 0.05) is 37.4 Å². The molecule has 3 aromatic carbocycles. The number of rotatable bonds is 5. The maximum atomic E-state index is 13.5. The van der Waals surface area contributed by atoms with Crippen LogP contribution in [0, 0.1) is 6.92 Å². The van der Waals surface area contributed by atoms with Crippen LogP contribution in [0.5, 0.6) is 0 Å². The molecule has 0 aromatic heterocycles. The number of anilines is 2. The van der Waals surface area contributed by atoms with Gasteiger partial charge in [-0.05, 0) is 75.7 Å². The number of likely N-dealkylation sites (N-methyl/N-ethyl adjacent to an activating group) is 1. The Labute approximate surface area is 213 Å². The van der Waals surface area contributed by atoms with Crippen LogP contribution in [0.3, 0.4) is 0 Å². The second-order valence-corrected chi connectivity index (χ2v) is 10.4. The second kappa shape index (κ2) is 10.5. The van der Waals surface area contributed by atoms with Crippen molar-refractivity contribution < 1.29 is 14.3 Å². The molecule has 1 amide bonds. The predicted octanol–water partition coefficient (Wildman–Crippen LogP) is 5.62. The number of hydrogen-bond donors (Lipinski definition) is 1. The fourth-order valence-corrected chi connectivity index (χ4v) is 4.27. The molecular formula is C30H35N3O3. The van der Waals surface area contributed by atoms with Crippen molar-refractivity contribution in [1.82, 2.24) is 4.90 Å². The minimum atomic E-state index is -0.649. The molecule has 0 atom stereocenters. The van der Waals surface area contributed by atoms with Gasteiger partial charge in [-0.2, -0.15) is 0 Å². The summed E-state index contributed by atoms with van der Waals surface area (Å²) in [6.07, 6.45) is 0. The zero-order valence-corrected chi connectivity index (χ0v) is 21.8. The highest BCUT2D eigenvalue weighted by Gasteiger charge is 2.23. The van der Waals surface area contributed by atoms with Crippen molar-refractivity contribution in [3.8, 4) is 11.1 Å². The minimum Gasteiger partial charge on any atom is -0.456 e. The van der Waals surface area contributed by atoms with Gasteiger partial charge in [0.05, 0.1) is 11.3 Å². The Balaban J connectivity index is 1.66. The Bertz CT molecular complexity index is 1240. The van der Waals surface area contributed by atoms with Gasteiger partial charge in [-0.3, -0.25) is 4.79 Å². The van der Waals surface area contributed by atoms with Gasteiger partial charge in [0.2, 0.25) is 0 Å². The highest BCUT2D eigenvalue weighted by atomic mass is 16.6. The quantitative estimate of drug-likeness (QED) is 0.475. The Kier molecular flexibility index (Phi) is 7.45. The van der Waals surface area contributed by atoms with Crippen molar-refractivity contribution >= 4 is 23.3 Å². The summed E-state index contributed by atoms with van der Waals surface area (Å²) in [6.45, 7) is 11.2. The number of piperazine rings is 1. The zero-order chi connectivity index (χ0) is 25.9. The Hall–Kier alpha value is -3.64. The summed E-state index contributed by atoms with van der Waals surface area (Å²) >= 11 is 0. The molecule has 3 aromatic rings. The summed E-state index contributed by atoms with van der Waals surface area (Å²) in [6, 6.07) is 21.3. The average molecular weight is 486 g/mol. The van der Waals surface area contributed by atoms with Crippen molar-refractivity contribution in [2.24, 2.45) is 0 Å². The van der Waals surface area contributed by atoms with Gasteiger partial charge >= 0.3 is 5.97 Å². The standard InChI is InChI=1S/C30H35N3O3/c1-21-11-13-24(33-17-15-32(5)16-18-33)20-26(21)28(34)31-27-19-23(22-9-7-6-8-10-22)12-14-25(27)29(35)36-30(2,3)4/h6-14,19-20H,15-18H2,1-5H3,(H,31,34). The smallest absolute Gasteiger partial charge is 0.340 e. The maximum Gasteiger partial charge on any atom is 0.340 e. The lowest BCUT2D eigenvalue weighted by molar-refractivity contribution is 0.00708. The van der Waals surface area contributed by atoms with Gasteiger partial charge in [0.1, 0.15) is 5.60 Å². The van der Waals surface area contributed by atoms with E-state index in [1.807, 2.05) is 82.3 Å². The Morgan fingerprint density at radius 1 is 0.833 bits per heavy atom. The fourth-order valence-electron chi connectivity index (χ4n) is 4.27. The van der Waals surface area contributed by atoms with E-state index in [4.69, 9.17) is 4.74 Å². The molecule has 1 aliphatic rings. The van der Waals surface area contributed by atoms with E-state index in [-0.39, 0.29) is 5.91 Å². The maximum absolute atomic E-state index is 13.5. The molecule has 1 saturated heterocycles. The molecule has 36 heavy (non-hydrogen) atoms. The van der Waals surface area contributed by atoms with Crippen molar-refractivity contribution in [1.29, 1.82) is 0 Å². The van der Waals surface area contributed by atoms with E-state index in [0.717, 1.165) is 48.6 Å². The van der Waals surface area contributed by atoms with Gasteiger partial charge in [0.15, 0.2) is 0 Å². The van der Waals surface area contributed by atoms with E-state index in [0.29, 0.717) is 16.8 Å². The molecule has 1 fully saturated rings. The molecular weight excluding hydrogens is 450 g/mol. The van der Waals surface area contributed by atoms with E-state index in [9.17, 15) is 9.59 Å². The van der Waals surface area contributed by atoms with Crippen LogP contribution in [0.4, 0.5) is 11.4 Å². The fraction of sp³-hybridized carbons (Fsp3) is 0.333. The van der Waals surface area contributed by atoms with Gasteiger partial charge in [-0.15, -0.1) is 0 Å². The first-order chi connectivity index (χ1) is 17.1. The topological polar surface area (TPSA) is 61.9 Å². The van der Waals surface area contributed by atoms with Crippen LogP contribution in [0.15, 0.2) is 66.7 Å². The summed E-state index contributed by atoms with van der Waals surface area (Å²) in [5.74, 6) is -0.723. The highest BCUT2D eigenvalue weighted by Crippen LogP contribution is 2.29. The van der Waals surface area contributed by atoms with E-state index in [2.05, 4.69) is 28.2 Å². The minimum absolute atomic E-state index is 0.251. The molecule has 1 heterocycles. The average Bonchev–Trinajstić information content (AvgIpc) is 2.84. The molecule has 0 saturated carbocycles. The molecule has 1 aliphatic heterocycles. The Morgan fingerprint density at radius 2 is 1.53 bits per heavy atom. The predicted molar refractivity (Wildman–Crippen MR) is 146 cm³/mol. The van der Waals surface area contributed by atoms with E-state index >= 15 is 0 Å². The van der Waals surface area contributed by atoms with Crippen LogP contribution in [-0.4, -0.2) is 55.6 Å². The number of amides is 1. The lowest BCUT2D eigenvalue weighted by Gasteiger charge is -2.34. The molecule has 0 unspecified atom stereocenters. The summed E-state index contributed by atoms with van der Waals surface area (Å²) < 4.78 is 5.63. The van der Waals surface area contributed by atoms with Crippen molar-refractivity contribution in [2.45, 2.75) is 33.3 Å². The third-order valence-corrected chi connectivity index (χ3v) is 6.33. The van der Waals surface area contributed by atoms with E-state index in [1.165, 1.54) is 0 Å². The molecule has 6 nitrogen and oxygen atoms in total. The van der Waals surface area contributed by atoms with E-state index in [1.54, 1.807) is 6.07 Å². The molecule has 188 valence electrons. The van der Waals surface area contributed by atoms with Crippen molar-refractivity contribution in [2.75, 3.05) is 43.4 Å². The van der Waals surface area contributed by atoms with Gasteiger partial charge in [0.25, 0.3) is 5.91 Å². The number of hydrogen-bond acceptors (Lipinski definition) is 5. The first-order valence-electron chi connectivity index (χ1n) is 12.4. The van der Waals surface area contributed by atoms with Gasteiger partial charge in [-0.1, -0.05) is 42.5 Å². The van der Waals surface area contributed by atoms with Crippen LogP contribution in [0.2, 0.25) is 0 Å². The highest BCUT2D eigenvalue weighted by molar-refractivity contribution is 6.09. The van der Waals surface area contributed by atoms with Crippen LogP contribution < -0.4 is 10.2 Å². The monoisotopic (exact) mass is 485 g/mol. The number of carbonyl (C=O) groups is 2. The van der Waals surface area contributed by atoms with Gasteiger partial charge < -0.3 is 19.9 Å². The Morgan fingerprint density at radius 3 is 2.19 bits per heavy atom. The molecule has 4 rings (SSSR count). The second-order valence-electron chi connectivity index (χ2n) is 10.4. The third-order valence-electron chi connectivity index (χ3n) is 6.33. The van der Waals surface area contributed by atoms with Crippen LogP contribution in [-0.2, 0) is 4.74 Å².